The summed E-state index contributed by atoms with van der Waals surface area (Å²) >= 11 is 7.39. The number of nitrogens with one attached hydrogen (secondary N) is 1. The fraction of sp³-hybridized carbons (Fsp3) is 0.263. The van der Waals surface area contributed by atoms with Gasteiger partial charge in [0.05, 0.1) is 17.9 Å². The predicted molar refractivity (Wildman–Crippen MR) is 104 cm³/mol. The Morgan fingerprint density at radius 3 is 2.58 bits per heavy atom. The number of halogens is 1. The number of benzene rings is 2. The van der Waals surface area contributed by atoms with Gasteiger partial charge in [-0.15, -0.1) is 11.8 Å². The second kappa shape index (κ2) is 9.50. The van der Waals surface area contributed by atoms with Gasteiger partial charge in [0, 0.05) is 10.6 Å². The molecule has 2 aromatic carbocycles. The van der Waals surface area contributed by atoms with Crippen LogP contribution in [0.15, 0.2) is 41.3 Å². The van der Waals surface area contributed by atoms with Crippen LogP contribution < -0.4 is 10.1 Å². The Kier molecular flexibility index (Phi) is 7.36. The van der Waals surface area contributed by atoms with E-state index in [1.807, 2.05) is 26.0 Å². The molecule has 0 aliphatic carbocycles. The van der Waals surface area contributed by atoms with Crippen molar-refractivity contribution in [2.24, 2.45) is 0 Å². The Bertz CT molecular complexity index is 810. The van der Waals surface area contributed by atoms with Gasteiger partial charge >= 0.3 is 5.97 Å². The van der Waals surface area contributed by atoms with Gasteiger partial charge in [-0.05, 0) is 43.7 Å². The second-order valence-corrected chi connectivity index (χ2v) is 7.04. The summed E-state index contributed by atoms with van der Waals surface area (Å²) in [4.78, 5) is 24.7. The van der Waals surface area contributed by atoms with Crippen LogP contribution >= 0.6 is 23.4 Å². The average Bonchev–Trinajstić information content (AvgIpc) is 2.59. The summed E-state index contributed by atoms with van der Waals surface area (Å²) in [6.07, 6.45) is 0. The molecule has 0 fully saturated rings. The van der Waals surface area contributed by atoms with Crippen molar-refractivity contribution in [1.82, 2.24) is 0 Å². The van der Waals surface area contributed by atoms with Crippen LogP contribution in [-0.4, -0.2) is 31.3 Å². The van der Waals surface area contributed by atoms with E-state index in [1.54, 1.807) is 18.2 Å². The number of anilines is 1. The number of thioether (sulfide) groups is 1. The van der Waals surface area contributed by atoms with Crippen molar-refractivity contribution >= 4 is 40.9 Å². The molecule has 0 spiro atoms. The topological polar surface area (TPSA) is 64.6 Å². The molecule has 0 aliphatic heterocycles. The number of aryl methyl sites for hydroxylation is 2. The minimum absolute atomic E-state index is 0.144. The molecule has 138 valence electrons. The van der Waals surface area contributed by atoms with E-state index in [2.05, 4.69) is 11.4 Å². The van der Waals surface area contributed by atoms with Crippen LogP contribution in [0.1, 0.15) is 11.1 Å². The quantitative estimate of drug-likeness (QED) is 0.563. The normalized spacial score (nSPS) is 10.3. The summed E-state index contributed by atoms with van der Waals surface area (Å²) in [5.41, 5.74) is 2.78. The van der Waals surface area contributed by atoms with Crippen molar-refractivity contribution in [3.8, 4) is 5.75 Å². The molecule has 0 saturated carbocycles. The fourth-order valence-electron chi connectivity index (χ4n) is 2.23. The Morgan fingerprint density at radius 1 is 1.15 bits per heavy atom. The second-order valence-electron chi connectivity index (χ2n) is 5.62. The van der Waals surface area contributed by atoms with Crippen LogP contribution in [0.3, 0.4) is 0 Å². The lowest BCUT2D eigenvalue weighted by Crippen LogP contribution is -2.21. The van der Waals surface area contributed by atoms with Gasteiger partial charge in [-0.25, -0.2) is 0 Å². The first-order chi connectivity index (χ1) is 12.4. The number of methoxy groups -OCH3 is 1. The highest BCUT2D eigenvalue weighted by Crippen LogP contribution is 2.27. The van der Waals surface area contributed by atoms with E-state index in [9.17, 15) is 9.59 Å². The van der Waals surface area contributed by atoms with Gasteiger partial charge in [0.1, 0.15) is 5.75 Å². The van der Waals surface area contributed by atoms with E-state index in [0.29, 0.717) is 16.5 Å². The first-order valence-electron chi connectivity index (χ1n) is 7.88. The SMILES string of the molecule is COc1ccc(NC(=O)COC(=O)CSc2ccc(C)cc2C)cc1Cl. The van der Waals surface area contributed by atoms with Gasteiger partial charge in [0.25, 0.3) is 5.91 Å². The zero-order chi connectivity index (χ0) is 19.1. The maximum atomic E-state index is 11.9. The minimum Gasteiger partial charge on any atom is -0.495 e. The first kappa shape index (κ1) is 20.1. The van der Waals surface area contributed by atoms with E-state index in [4.69, 9.17) is 21.1 Å². The van der Waals surface area contributed by atoms with Crippen molar-refractivity contribution < 1.29 is 19.1 Å². The zero-order valence-corrected chi connectivity index (χ0v) is 16.4. The van der Waals surface area contributed by atoms with Crippen LogP contribution in [0.5, 0.6) is 5.75 Å². The number of ether oxygens (including phenoxy) is 2. The van der Waals surface area contributed by atoms with Crippen LogP contribution in [0, 0.1) is 13.8 Å². The summed E-state index contributed by atoms with van der Waals surface area (Å²) in [5, 5.41) is 3.00. The van der Waals surface area contributed by atoms with Crippen LogP contribution in [0.2, 0.25) is 5.02 Å². The van der Waals surface area contributed by atoms with Gasteiger partial charge in [0.2, 0.25) is 0 Å². The molecule has 0 radical (unpaired) electrons. The molecule has 0 bridgehead atoms. The monoisotopic (exact) mass is 393 g/mol. The smallest absolute Gasteiger partial charge is 0.316 e. The number of hydrogen-bond acceptors (Lipinski definition) is 5. The predicted octanol–water partition coefficient (Wildman–Crippen LogP) is 4.24. The third-order valence-electron chi connectivity index (χ3n) is 3.48. The van der Waals surface area contributed by atoms with Crippen LogP contribution in [0.25, 0.3) is 0 Å². The van der Waals surface area contributed by atoms with Crippen LogP contribution in [0.4, 0.5) is 5.69 Å². The van der Waals surface area contributed by atoms with Crippen molar-refractivity contribution in [1.29, 1.82) is 0 Å². The highest BCUT2D eigenvalue weighted by molar-refractivity contribution is 8.00. The van der Waals surface area contributed by atoms with Gasteiger partial charge in [-0.1, -0.05) is 29.3 Å². The highest BCUT2D eigenvalue weighted by atomic mass is 35.5. The number of rotatable bonds is 7. The van der Waals surface area contributed by atoms with E-state index in [1.165, 1.54) is 24.4 Å². The number of hydrogen-bond donors (Lipinski definition) is 1. The summed E-state index contributed by atoms with van der Waals surface area (Å²) in [6, 6.07) is 10.9. The first-order valence-corrected chi connectivity index (χ1v) is 9.24. The Morgan fingerprint density at radius 2 is 1.92 bits per heavy atom. The molecule has 0 heterocycles. The maximum Gasteiger partial charge on any atom is 0.316 e. The molecular formula is C19H20ClNO4S. The van der Waals surface area contributed by atoms with Gasteiger partial charge in [0.15, 0.2) is 6.61 Å². The Balaban J connectivity index is 1.77. The number of carbonyl (C=O) groups is 2. The zero-order valence-electron chi connectivity index (χ0n) is 14.8. The number of esters is 1. The maximum absolute atomic E-state index is 11.9. The minimum atomic E-state index is -0.446. The molecule has 0 atom stereocenters. The molecule has 5 nitrogen and oxygen atoms in total. The molecular weight excluding hydrogens is 374 g/mol. The average molecular weight is 394 g/mol. The third kappa shape index (κ3) is 5.97. The Labute approximate surface area is 162 Å². The summed E-state index contributed by atoms with van der Waals surface area (Å²) < 4.78 is 10.1. The molecule has 2 aromatic rings. The molecule has 7 heteroatoms. The summed E-state index contributed by atoms with van der Waals surface area (Å²) in [5.74, 6) is -0.223. The molecule has 0 aromatic heterocycles. The molecule has 0 saturated heterocycles. The van der Waals surface area contributed by atoms with Crippen molar-refractivity contribution in [2.75, 3.05) is 24.8 Å². The largest absolute Gasteiger partial charge is 0.495 e. The molecule has 2 rings (SSSR count). The molecule has 1 amide bonds. The van der Waals surface area contributed by atoms with E-state index < -0.39 is 11.9 Å². The van der Waals surface area contributed by atoms with Crippen LogP contribution in [-0.2, 0) is 14.3 Å². The molecule has 0 unspecified atom stereocenters. The lowest BCUT2D eigenvalue weighted by Gasteiger charge is -2.09. The number of amides is 1. The van der Waals surface area contributed by atoms with Gasteiger partial charge < -0.3 is 14.8 Å². The van der Waals surface area contributed by atoms with Crippen molar-refractivity contribution in [3.63, 3.8) is 0 Å². The summed E-state index contributed by atoms with van der Waals surface area (Å²) in [6.45, 7) is 3.66. The molecule has 0 aliphatic rings. The van der Waals surface area contributed by atoms with Crippen molar-refractivity contribution in [2.45, 2.75) is 18.7 Å². The van der Waals surface area contributed by atoms with E-state index in [0.717, 1.165) is 10.5 Å². The Hall–Kier alpha value is -2.18. The fourth-order valence-corrected chi connectivity index (χ4v) is 3.29. The summed E-state index contributed by atoms with van der Waals surface area (Å²) in [7, 11) is 1.51. The van der Waals surface area contributed by atoms with E-state index in [-0.39, 0.29) is 12.4 Å². The number of carbonyl (C=O) groups excluding carboxylic acids is 2. The molecule has 26 heavy (non-hydrogen) atoms. The van der Waals surface area contributed by atoms with Gasteiger partial charge in [-0.2, -0.15) is 0 Å². The van der Waals surface area contributed by atoms with Gasteiger partial charge in [-0.3, -0.25) is 9.59 Å². The highest BCUT2D eigenvalue weighted by Gasteiger charge is 2.10. The lowest BCUT2D eigenvalue weighted by atomic mass is 10.2. The standard InChI is InChI=1S/C19H20ClNO4S/c1-12-4-7-17(13(2)8-12)26-11-19(23)25-10-18(22)21-14-5-6-16(24-3)15(20)9-14/h4-9H,10-11H2,1-3H3,(H,21,22). The van der Waals surface area contributed by atoms with Crippen molar-refractivity contribution in [3.05, 3.63) is 52.5 Å². The lowest BCUT2D eigenvalue weighted by molar-refractivity contribution is -0.144. The molecule has 1 N–H and O–H groups in total. The van der Waals surface area contributed by atoms with E-state index >= 15 is 0 Å². The third-order valence-corrected chi connectivity index (χ3v) is 4.92.